The van der Waals surface area contributed by atoms with Crippen LogP contribution in [0.1, 0.15) is 18.9 Å². The summed E-state index contributed by atoms with van der Waals surface area (Å²) in [5.41, 5.74) is 2.85. The number of aliphatic carboxylic acids is 1. The molecule has 2 atom stereocenters. The molecule has 1 saturated heterocycles. The summed E-state index contributed by atoms with van der Waals surface area (Å²) >= 11 is 0. The highest BCUT2D eigenvalue weighted by atomic mass is 16.4. The molecule has 28 heavy (non-hydrogen) atoms. The Bertz CT molecular complexity index is 825. The van der Waals surface area contributed by atoms with E-state index in [0.717, 1.165) is 16.9 Å². The van der Waals surface area contributed by atoms with Gasteiger partial charge >= 0.3 is 12.0 Å². The van der Waals surface area contributed by atoms with Gasteiger partial charge in [0.1, 0.15) is 0 Å². The molecule has 0 radical (unpaired) electrons. The lowest BCUT2D eigenvalue weighted by molar-refractivity contribution is -0.143. The molecular formula is C22H27N3O3. The maximum Gasteiger partial charge on any atom is 0.321 e. The summed E-state index contributed by atoms with van der Waals surface area (Å²) in [6.45, 7) is 3.45. The number of nitrogens with zero attached hydrogens (tertiary/aromatic N) is 2. The smallest absolute Gasteiger partial charge is 0.321 e. The third-order valence-corrected chi connectivity index (χ3v) is 5.16. The summed E-state index contributed by atoms with van der Waals surface area (Å²) in [4.78, 5) is 27.9. The van der Waals surface area contributed by atoms with E-state index in [9.17, 15) is 14.7 Å². The number of carbonyl (C=O) groups is 2. The second-order valence-corrected chi connectivity index (χ2v) is 7.56. The van der Waals surface area contributed by atoms with E-state index in [2.05, 4.69) is 10.2 Å². The van der Waals surface area contributed by atoms with Crippen LogP contribution in [0.4, 0.5) is 16.2 Å². The lowest BCUT2D eigenvalue weighted by atomic mass is 9.91. The Labute approximate surface area is 165 Å². The number of anilines is 2. The van der Waals surface area contributed by atoms with Gasteiger partial charge in [-0.2, -0.15) is 0 Å². The van der Waals surface area contributed by atoms with E-state index in [1.807, 2.05) is 68.6 Å². The molecule has 1 aliphatic heterocycles. The van der Waals surface area contributed by atoms with Crippen LogP contribution in [0.3, 0.4) is 0 Å². The molecule has 1 aliphatic rings. The van der Waals surface area contributed by atoms with Crippen molar-refractivity contribution in [2.24, 2.45) is 11.8 Å². The highest BCUT2D eigenvalue weighted by Gasteiger charge is 2.32. The summed E-state index contributed by atoms with van der Waals surface area (Å²) in [6.07, 6.45) is 0.609. The summed E-state index contributed by atoms with van der Waals surface area (Å²) in [6, 6.07) is 17.5. The number of para-hydroxylation sites is 2. The van der Waals surface area contributed by atoms with Crippen molar-refractivity contribution in [3.05, 3.63) is 60.2 Å². The minimum Gasteiger partial charge on any atom is -0.481 e. The zero-order valence-corrected chi connectivity index (χ0v) is 16.3. The normalized spacial score (nSPS) is 19.1. The average molecular weight is 381 g/mol. The molecular weight excluding hydrogens is 354 g/mol. The molecule has 0 spiro atoms. The van der Waals surface area contributed by atoms with Crippen LogP contribution >= 0.6 is 0 Å². The van der Waals surface area contributed by atoms with Gasteiger partial charge in [-0.15, -0.1) is 0 Å². The van der Waals surface area contributed by atoms with E-state index in [1.165, 1.54) is 0 Å². The van der Waals surface area contributed by atoms with Gasteiger partial charge in [-0.3, -0.25) is 4.79 Å². The predicted molar refractivity (Wildman–Crippen MR) is 110 cm³/mol. The van der Waals surface area contributed by atoms with E-state index in [-0.39, 0.29) is 18.5 Å². The first-order chi connectivity index (χ1) is 13.4. The van der Waals surface area contributed by atoms with Gasteiger partial charge in [0.2, 0.25) is 0 Å². The minimum absolute atomic E-state index is 0.167. The van der Waals surface area contributed by atoms with Gasteiger partial charge in [-0.25, -0.2) is 4.79 Å². The molecule has 0 bridgehead atoms. The van der Waals surface area contributed by atoms with Crippen LogP contribution in [-0.2, 0) is 11.3 Å². The molecule has 0 saturated carbocycles. The van der Waals surface area contributed by atoms with Crippen molar-refractivity contribution in [2.45, 2.75) is 19.9 Å². The topological polar surface area (TPSA) is 72.9 Å². The number of nitrogens with one attached hydrogen (secondary N) is 1. The fourth-order valence-corrected chi connectivity index (χ4v) is 3.70. The molecule has 2 aromatic rings. The zero-order chi connectivity index (χ0) is 20.1. The van der Waals surface area contributed by atoms with E-state index in [0.29, 0.717) is 19.5 Å². The number of carboxylic acids is 1. The van der Waals surface area contributed by atoms with Crippen LogP contribution in [-0.4, -0.2) is 42.1 Å². The van der Waals surface area contributed by atoms with Crippen LogP contribution in [0.15, 0.2) is 54.6 Å². The number of urea groups is 1. The minimum atomic E-state index is -0.839. The number of amides is 2. The van der Waals surface area contributed by atoms with Crippen LogP contribution in [0, 0.1) is 11.8 Å². The maximum atomic E-state index is 12.8. The van der Waals surface area contributed by atoms with Crippen molar-refractivity contribution in [3.63, 3.8) is 0 Å². The molecule has 6 nitrogen and oxygen atoms in total. The van der Waals surface area contributed by atoms with Gasteiger partial charge in [0.15, 0.2) is 0 Å². The summed E-state index contributed by atoms with van der Waals surface area (Å²) in [7, 11) is 2.01. The summed E-state index contributed by atoms with van der Waals surface area (Å²) in [5, 5.41) is 12.3. The van der Waals surface area contributed by atoms with Crippen molar-refractivity contribution in [1.82, 2.24) is 4.90 Å². The molecule has 2 aromatic carbocycles. The monoisotopic (exact) mass is 381 g/mol. The van der Waals surface area contributed by atoms with Crippen molar-refractivity contribution in [2.75, 3.05) is 30.4 Å². The molecule has 2 N–H and O–H groups in total. The summed E-state index contributed by atoms with van der Waals surface area (Å²) < 4.78 is 0. The number of carboxylic acid groups (broad SMARTS) is 1. The molecule has 3 rings (SSSR count). The van der Waals surface area contributed by atoms with Gasteiger partial charge in [0, 0.05) is 38.1 Å². The Balaban J connectivity index is 1.70. The van der Waals surface area contributed by atoms with Crippen molar-refractivity contribution in [3.8, 4) is 0 Å². The third kappa shape index (κ3) is 4.82. The van der Waals surface area contributed by atoms with Crippen molar-refractivity contribution in [1.29, 1.82) is 0 Å². The van der Waals surface area contributed by atoms with Crippen LogP contribution in [0.5, 0.6) is 0 Å². The molecule has 148 valence electrons. The van der Waals surface area contributed by atoms with E-state index in [1.54, 1.807) is 4.90 Å². The van der Waals surface area contributed by atoms with Gasteiger partial charge < -0.3 is 20.2 Å². The first kappa shape index (κ1) is 19.7. The molecule has 6 heteroatoms. The Morgan fingerprint density at radius 1 is 1.11 bits per heavy atom. The van der Waals surface area contributed by atoms with Crippen LogP contribution in [0.25, 0.3) is 0 Å². The fourth-order valence-electron chi connectivity index (χ4n) is 3.70. The first-order valence-corrected chi connectivity index (χ1v) is 9.57. The molecule has 1 fully saturated rings. The van der Waals surface area contributed by atoms with Crippen LogP contribution in [0.2, 0.25) is 0 Å². The maximum absolute atomic E-state index is 12.8. The number of likely N-dealkylation sites (tertiary alicyclic amines) is 1. The summed E-state index contributed by atoms with van der Waals surface area (Å²) in [5.74, 6) is -1.18. The van der Waals surface area contributed by atoms with Gasteiger partial charge in [-0.05, 0) is 36.1 Å². The average Bonchev–Trinajstić information content (AvgIpc) is 2.69. The fraction of sp³-hybridized carbons (Fsp3) is 0.364. The number of hydrogen-bond donors (Lipinski definition) is 2. The number of rotatable bonds is 5. The van der Waals surface area contributed by atoms with Gasteiger partial charge in [-0.1, -0.05) is 43.3 Å². The lowest BCUT2D eigenvalue weighted by Gasteiger charge is -2.34. The highest BCUT2D eigenvalue weighted by Crippen LogP contribution is 2.24. The lowest BCUT2D eigenvalue weighted by Crippen LogP contribution is -2.47. The van der Waals surface area contributed by atoms with Gasteiger partial charge in [0.05, 0.1) is 5.92 Å². The number of benzene rings is 2. The number of carbonyl (C=O) groups excluding carboxylic acids is 1. The zero-order valence-electron chi connectivity index (χ0n) is 16.3. The van der Waals surface area contributed by atoms with Crippen molar-refractivity contribution >= 4 is 23.4 Å². The largest absolute Gasteiger partial charge is 0.481 e. The molecule has 0 aliphatic carbocycles. The van der Waals surface area contributed by atoms with E-state index < -0.39 is 11.9 Å². The first-order valence-electron chi connectivity index (χ1n) is 9.57. The Morgan fingerprint density at radius 2 is 1.79 bits per heavy atom. The quantitative estimate of drug-likeness (QED) is 0.824. The second-order valence-electron chi connectivity index (χ2n) is 7.56. The van der Waals surface area contributed by atoms with E-state index >= 15 is 0 Å². The number of piperidine rings is 1. The standard InChI is InChI=1S/C22H27N3O3/c1-16-12-18(21(26)27)15-25(13-16)22(28)23-20-11-7-6-8-17(20)14-24(2)19-9-4-3-5-10-19/h3-11,16,18H,12-15H2,1-2H3,(H,23,28)(H,26,27). The Hall–Kier alpha value is -3.02. The molecule has 2 unspecified atom stereocenters. The Morgan fingerprint density at radius 3 is 2.50 bits per heavy atom. The van der Waals surface area contributed by atoms with E-state index in [4.69, 9.17) is 0 Å². The van der Waals surface area contributed by atoms with Gasteiger partial charge in [0.25, 0.3) is 0 Å². The van der Waals surface area contributed by atoms with Crippen LogP contribution < -0.4 is 10.2 Å². The third-order valence-electron chi connectivity index (χ3n) is 5.16. The molecule has 0 aromatic heterocycles. The SMILES string of the molecule is CC1CC(C(=O)O)CN(C(=O)Nc2ccccc2CN(C)c2ccccc2)C1. The molecule has 1 heterocycles. The predicted octanol–water partition coefficient (Wildman–Crippen LogP) is 3.90. The Kier molecular flexibility index (Phi) is 6.19. The molecule has 2 amide bonds. The number of hydrogen-bond acceptors (Lipinski definition) is 3. The van der Waals surface area contributed by atoms with Crippen molar-refractivity contribution < 1.29 is 14.7 Å². The highest BCUT2D eigenvalue weighted by molar-refractivity contribution is 5.90. The second kappa shape index (κ2) is 8.78.